The number of nitrogens with one attached hydrogen (secondary N) is 1. The maximum atomic E-state index is 12.8. The van der Waals surface area contributed by atoms with Crippen molar-refractivity contribution in [2.45, 2.75) is 29.5 Å². The van der Waals surface area contributed by atoms with Crippen LogP contribution in [0.3, 0.4) is 0 Å². The lowest BCUT2D eigenvalue weighted by Crippen LogP contribution is -2.70. The van der Waals surface area contributed by atoms with Gasteiger partial charge in [0, 0.05) is 30.5 Å². The van der Waals surface area contributed by atoms with Crippen LogP contribution < -0.4 is 5.32 Å². The number of thiophene rings is 1. The summed E-state index contributed by atoms with van der Waals surface area (Å²) in [5, 5.41) is 25.7. The van der Waals surface area contributed by atoms with Gasteiger partial charge in [0.1, 0.15) is 23.7 Å². The summed E-state index contributed by atoms with van der Waals surface area (Å²) >= 11 is 4.05. The molecule has 180 valence electrons. The largest absolute Gasteiger partial charge is 0.477 e. The highest BCUT2D eigenvalue weighted by molar-refractivity contribution is 8.01. The van der Waals surface area contributed by atoms with E-state index in [-0.39, 0.29) is 36.2 Å². The van der Waals surface area contributed by atoms with E-state index in [1.807, 2.05) is 17.5 Å². The van der Waals surface area contributed by atoms with E-state index in [1.165, 1.54) is 49.3 Å². The minimum atomic E-state index is -1.21. The monoisotopic (exact) mass is 523 g/mol. The minimum absolute atomic E-state index is 0.0402. The smallest absolute Gasteiger partial charge is 0.352 e. The van der Waals surface area contributed by atoms with E-state index in [4.69, 9.17) is 0 Å². The van der Waals surface area contributed by atoms with Crippen LogP contribution in [0.5, 0.6) is 0 Å². The van der Waals surface area contributed by atoms with Gasteiger partial charge in [-0.3, -0.25) is 19.3 Å². The predicted octanol–water partition coefficient (Wildman–Crippen LogP) is -0.104. The number of likely N-dealkylation sites (N-methyl/N-ethyl adjacent to an activating group) is 1. The minimum Gasteiger partial charge on any atom is -0.477 e. The molecule has 4 heterocycles. The van der Waals surface area contributed by atoms with E-state index < -0.39 is 23.3 Å². The Morgan fingerprint density at radius 2 is 2.15 bits per heavy atom. The fourth-order valence-electron chi connectivity index (χ4n) is 3.41. The Hall–Kier alpha value is -2.91. The molecule has 4 rings (SSSR count). The number of carboxylic acid groups (broad SMARTS) is 1. The number of carbonyl (C=O) groups excluding carboxylic acids is 3. The van der Waals surface area contributed by atoms with Gasteiger partial charge >= 0.3 is 5.97 Å². The molecule has 0 radical (unpaired) electrons. The first kappa shape index (κ1) is 24.2. The molecule has 2 aromatic heterocycles. The van der Waals surface area contributed by atoms with Crippen molar-refractivity contribution in [3.63, 3.8) is 0 Å². The number of fused-ring (bicyclic) bond motifs is 1. The molecule has 34 heavy (non-hydrogen) atoms. The Kier molecular flexibility index (Phi) is 7.23. The summed E-state index contributed by atoms with van der Waals surface area (Å²) in [6.07, 6.45) is 0.174. The summed E-state index contributed by atoms with van der Waals surface area (Å²) in [6.45, 7) is -0.0402. The second-order valence-corrected chi connectivity index (χ2v) is 10.7. The molecule has 0 spiro atoms. The zero-order valence-electron chi connectivity index (χ0n) is 18.2. The number of tetrazole rings is 1. The zero-order chi connectivity index (χ0) is 24.4. The fraction of sp³-hybridized carbons (Fsp3) is 0.421. The molecule has 12 nitrogen and oxygen atoms in total. The average Bonchev–Trinajstić information content (AvgIpc) is 3.47. The number of amides is 3. The molecular formula is C19H21N7O5S3. The maximum absolute atomic E-state index is 12.8. The maximum Gasteiger partial charge on any atom is 0.352 e. The Morgan fingerprint density at radius 1 is 1.35 bits per heavy atom. The molecule has 2 aromatic rings. The van der Waals surface area contributed by atoms with Crippen molar-refractivity contribution in [2.75, 3.05) is 25.6 Å². The SMILES string of the molecule is CN(C)C(=O)Cn1nnnc1SCC1=C(C(=O)O)N2C(=O)C(NC(=O)Cc3cccs3)[C@H]2SC1. The molecule has 0 bridgehead atoms. The van der Waals surface area contributed by atoms with Crippen LogP contribution in [-0.4, -0.2) is 95.8 Å². The van der Waals surface area contributed by atoms with Crippen LogP contribution in [0.2, 0.25) is 0 Å². The van der Waals surface area contributed by atoms with Gasteiger partial charge in [-0.15, -0.1) is 28.2 Å². The summed E-state index contributed by atoms with van der Waals surface area (Å²) in [7, 11) is 3.25. The highest BCUT2D eigenvalue weighted by Gasteiger charge is 2.54. The number of hydrogen-bond acceptors (Lipinski definition) is 10. The lowest BCUT2D eigenvalue weighted by molar-refractivity contribution is -0.150. The summed E-state index contributed by atoms with van der Waals surface area (Å²) in [5.74, 6) is -1.51. The summed E-state index contributed by atoms with van der Waals surface area (Å²) in [6, 6.07) is 2.93. The average molecular weight is 524 g/mol. The molecule has 1 saturated heterocycles. The number of carbonyl (C=O) groups is 4. The molecule has 2 aliphatic rings. The Morgan fingerprint density at radius 3 is 2.82 bits per heavy atom. The summed E-state index contributed by atoms with van der Waals surface area (Å²) in [5.41, 5.74) is 0.470. The van der Waals surface area contributed by atoms with Gasteiger partial charge in [-0.2, -0.15) is 0 Å². The third-order valence-electron chi connectivity index (χ3n) is 5.14. The van der Waals surface area contributed by atoms with E-state index in [9.17, 15) is 24.3 Å². The lowest BCUT2D eigenvalue weighted by atomic mass is 10.0. The number of rotatable bonds is 9. The highest BCUT2D eigenvalue weighted by atomic mass is 32.2. The normalized spacial score (nSPS) is 19.5. The van der Waals surface area contributed by atoms with Crippen LogP contribution in [0.1, 0.15) is 4.88 Å². The third kappa shape index (κ3) is 4.95. The van der Waals surface area contributed by atoms with Crippen LogP contribution in [0, 0.1) is 0 Å². The zero-order valence-corrected chi connectivity index (χ0v) is 20.7. The molecule has 15 heteroatoms. The van der Waals surface area contributed by atoms with E-state index in [1.54, 1.807) is 14.1 Å². The highest BCUT2D eigenvalue weighted by Crippen LogP contribution is 2.41. The van der Waals surface area contributed by atoms with Gasteiger partial charge in [0.05, 0.1) is 6.42 Å². The van der Waals surface area contributed by atoms with Gasteiger partial charge in [0.25, 0.3) is 5.91 Å². The lowest BCUT2D eigenvalue weighted by Gasteiger charge is -2.49. The molecule has 0 aromatic carbocycles. The van der Waals surface area contributed by atoms with Crippen LogP contribution in [-0.2, 0) is 32.1 Å². The third-order valence-corrected chi connectivity index (χ3v) is 8.40. The van der Waals surface area contributed by atoms with E-state index in [0.717, 1.165) is 4.88 Å². The molecule has 1 unspecified atom stereocenters. The molecule has 0 aliphatic carbocycles. The van der Waals surface area contributed by atoms with E-state index in [0.29, 0.717) is 16.5 Å². The van der Waals surface area contributed by atoms with E-state index in [2.05, 4.69) is 20.8 Å². The first-order valence-electron chi connectivity index (χ1n) is 10.1. The number of hydrogen-bond donors (Lipinski definition) is 2. The van der Waals surface area contributed by atoms with Crippen molar-refractivity contribution in [1.29, 1.82) is 0 Å². The van der Waals surface area contributed by atoms with Crippen molar-refractivity contribution in [2.24, 2.45) is 0 Å². The molecule has 2 N–H and O–H groups in total. The Labute approximate surface area is 206 Å². The van der Waals surface area contributed by atoms with Crippen molar-refractivity contribution in [3.05, 3.63) is 33.7 Å². The van der Waals surface area contributed by atoms with Crippen LogP contribution in [0.4, 0.5) is 0 Å². The van der Waals surface area contributed by atoms with Crippen LogP contribution in [0.15, 0.2) is 33.9 Å². The second-order valence-electron chi connectivity index (χ2n) is 7.66. The molecular weight excluding hydrogens is 502 g/mol. The van der Waals surface area contributed by atoms with Gasteiger partial charge < -0.3 is 15.3 Å². The van der Waals surface area contributed by atoms with Crippen molar-refractivity contribution in [1.82, 2.24) is 35.3 Å². The van der Waals surface area contributed by atoms with E-state index >= 15 is 0 Å². The predicted molar refractivity (Wildman–Crippen MR) is 125 cm³/mol. The second kappa shape index (κ2) is 10.1. The summed E-state index contributed by atoms with van der Waals surface area (Å²) in [4.78, 5) is 52.7. The topological polar surface area (TPSA) is 151 Å². The summed E-state index contributed by atoms with van der Waals surface area (Å²) < 4.78 is 1.35. The standard InChI is InChI=1S/C19H21N7O5S3/c1-24(2)13(28)7-25-19(21-22-23-25)34-9-10-8-33-17-14(16(29)26(17)15(10)18(30)31)20-12(27)6-11-4-3-5-32-11/h3-5,14,17H,6-9H2,1-2H3,(H,20,27)(H,30,31)/t14?,17-/m1/s1. The quantitative estimate of drug-likeness (QED) is 0.337. The number of aliphatic carboxylic acids is 1. The van der Waals surface area contributed by atoms with Gasteiger partial charge in [-0.1, -0.05) is 17.8 Å². The van der Waals surface area contributed by atoms with Gasteiger partial charge in [-0.25, -0.2) is 9.48 Å². The first-order chi connectivity index (χ1) is 16.3. The van der Waals surface area contributed by atoms with Crippen LogP contribution in [0.25, 0.3) is 0 Å². The molecule has 1 fully saturated rings. The van der Waals surface area contributed by atoms with Crippen molar-refractivity contribution >= 4 is 58.6 Å². The van der Waals surface area contributed by atoms with Gasteiger partial charge in [-0.05, 0) is 27.4 Å². The van der Waals surface area contributed by atoms with Crippen molar-refractivity contribution < 1.29 is 24.3 Å². The van der Waals surface area contributed by atoms with Crippen LogP contribution >= 0.6 is 34.9 Å². The number of carboxylic acids is 1. The molecule has 3 amide bonds. The molecule has 2 aliphatic heterocycles. The fourth-order valence-corrected chi connectivity index (χ4v) is 6.48. The Bertz CT molecular complexity index is 1150. The Balaban J connectivity index is 1.42. The number of β-lactam (4-membered cyclic amide) rings is 1. The number of thioether (sulfide) groups is 2. The molecule has 2 atom stereocenters. The first-order valence-corrected chi connectivity index (χ1v) is 13.0. The number of aromatic nitrogens is 4. The number of nitrogens with zero attached hydrogens (tertiary/aromatic N) is 6. The van der Waals surface area contributed by atoms with Crippen molar-refractivity contribution in [3.8, 4) is 0 Å². The molecule has 0 saturated carbocycles. The van der Waals surface area contributed by atoms with Gasteiger partial charge in [0.15, 0.2) is 0 Å². The van der Waals surface area contributed by atoms with Gasteiger partial charge in [0.2, 0.25) is 17.0 Å².